The van der Waals surface area contributed by atoms with E-state index >= 15 is 0 Å². The highest BCUT2D eigenvalue weighted by molar-refractivity contribution is 6.61. The third-order valence-electron chi connectivity index (χ3n) is 7.28. The number of fused-ring (bicyclic) bond motifs is 1. The first kappa shape index (κ1) is 34.0. The van der Waals surface area contributed by atoms with Gasteiger partial charge >= 0.3 is 13.3 Å². The standard InChI is InChI=1S/C28H38BF3N6O5/c1-37(21-7-8-22-19(16-21)17-43-29(22)42)27(41)24(10-4-18-2-5-20(6-3-18)28(30,31)32)36-26(40)23(35)9-11-25(39)38(14-12-33)15-13-34/h2-3,5-8,16,23-24,42H,4,9-15,17,33-35H2,1H3,(H,36,40)/t23-,24+/m0/s1. The van der Waals surface area contributed by atoms with Crippen LogP contribution in [0.25, 0.3) is 0 Å². The molecule has 2 atom stereocenters. The Morgan fingerprint density at radius 3 is 2.33 bits per heavy atom. The summed E-state index contributed by atoms with van der Waals surface area (Å²) in [6.45, 7) is 1.32. The zero-order valence-corrected chi connectivity index (χ0v) is 24.0. The Balaban J connectivity index is 1.73. The summed E-state index contributed by atoms with van der Waals surface area (Å²) in [5.74, 6) is -1.39. The van der Waals surface area contributed by atoms with E-state index in [0.717, 1.165) is 12.1 Å². The van der Waals surface area contributed by atoms with Crippen molar-refractivity contribution in [2.24, 2.45) is 17.2 Å². The van der Waals surface area contributed by atoms with Crippen LogP contribution < -0.4 is 32.9 Å². The number of nitrogens with two attached hydrogens (primary N) is 3. The van der Waals surface area contributed by atoms with E-state index in [1.165, 1.54) is 29.0 Å². The minimum Gasteiger partial charge on any atom is -0.423 e. The normalized spacial score (nSPS) is 14.2. The molecule has 0 fully saturated rings. The third-order valence-corrected chi connectivity index (χ3v) is 7.28. The van der Waals surface area contributed by atoms with Crippen molar-refractivity contribution in [1.29, 1.82) is 0 Å². The van der Waals surface area contributed by atoms with Crippen molar-refractivity contribution in [3.05, 3.63) is 59.2 Å². The van der Waals surface area contributed by atoms with Gasteiger partial charge in [-0.15, -0.1) is 0 Å². The summed E-state index contributed by atoms with van der Waals surface area (Å²) in [4.78, 5) is 42.1. The van der Waals surface area contributed by atoms with Crippen LogP contribution in [-0.4, -0.2) is 80.1 Å². The molecule has 11 nitrogen and oxygen atoms in total. The number of halogens is 3. The molecular formula is C28H38BF3N6O5. The van der Waals surface area contributed by atoms with Gasteiger partial charge < -0.3 is 42.0 Å². The molecule has 234 valence electrons. The topological polar surface area (TPSA) is 177 Å². The molecule has 0 saturated heterocycles. The maximum Gasteiger partial charge on any atom is 0.491 e. The average molecular weight is 606 g/mol. The Bertz CT molecular complexity index is 1260. The van der Waals surface area contributed by atoms with Crippen LogP contribution in [0.4, 0.5) is 18.9 Å². The van der Waals surface area contributed by atoms with Crippen molar-refractivity contribution < 1.29 is 37.2 Å². The number of benzene rings is 2. The summed E-state index contributed by atoms with van der Waals surface area (Å²) in [6.07, 6.45) is -4.23. The fourth-order valence-electron chi connectivity index (χ4n) is 4.73. The number of likely N-dealkylation sites (N-methyl/N-ethyl adjacent to an activating group) is 1. The summed E-state index contributed by atoms with van der Waals surface area (Å²) >= 11 is 0. The van der Waals surface area contributed by atoms with Gasteiger partial charge in [-0.2, -0.15) is 13.2 Å². The molecule has 15 heteroatoms. The Morgan fingerprint density at radius 2 is 1.72 bits per heavy atom. The second-order valence-corrected chi connectivity index (χ2v) is 10.3. The largest absolute Gasteiger partial charge is 0.491 e. The molecule has 1 heterocycles. The molecule has 2 aromatic rings. The number of hydrogen-bond donors (Lipinski definition) is 5. The number of anilines is 1. The molecule has 0 unspecified atom stereocenters. The van der Waals surface area contributed by atoms with Crippen molar-refractivity contribution >= 4 is 36.0 Å². The monoisotopic (exact) mass is 606 g/mol. The molecule has 0 aliphatic carbocycles. The number of nitrogens with zero attached hydrogens (tertiary/aromatic N) is 2. The first-order valence-electron chi connectivity index (χ1n) is 14.0. The molecule has 1 aliphatic heterocycles. The molecule has 43 heavy (non-hydrogen) atoms. The number of nitrogens with one attached hydrogen (secondary N) is 1. The summed E-state index contributed by atoms with van der Waals surface area (Å²) in [5.41, 5.74) is 18.7. The van der Waals surface area contributed by atoms with Gasteiger partial charge in [0, 0.05) is 45.3 Å². The molecule has 0 bridgehead atoms. The zero-order valence-electron chi connectivity index (χ0n) is 24.0. The second kappa shape index (κ2) is 15.3. The SMILES string of the molecule is CN(C(=O)[C@@H](CCc1ccc(C(F)(F)F)cc1)NC(=O)[C@@H](N)CCC(=O)N(CCN)CCN)c1ccc2c(c1)COB2O. The van der Waals surface area contributed by atoms with E-state index in [2.05, 4.69) is 5.32 Å². The van der Waals surface area contributed by atoms with Gasteiger partial charge in [-0.25, -0.2) is 0 Å². The van der Waals surface area contributed by atoms with E-state index in [9.17, 15) is 32.6 Å². The quantitative estimate of drug-likeness (QED) is 0.185. The van der Waals surface area contributed by atoms with E-state index in [0.29, 0.717) is 35.4 Å². The Kier molecular flexibility index (Phi) is 12.1. The number of alkyl halides is 3. The van der Waals surface area contributed by atoms with Crippen molar-refractivity contribution in [3.8, 4) is 0 Å². The van der Waals surface area contributed by atoms with Crippen LogP contribution in [0.2, 0.25) is 0 Å². The highest BCUT2D eigenvalue weighted by Crippen LogP contribution is 2.29. The molecule has 2 aromatic carbocycles. The number of hydrogen-bond acceptors (Lipinski definition) is 8. The lowest BCUT2D eigenvalue weighted by atomic mass is 9.79. The summed E-state index contributed by atoms with van der Waals surface area (Å²) in [6, 6.07) is 7.37. The van der Waals surface area contributed by atoms with Crippen molar-refractivity contribution in [2.45, 2.75) is 50.6 Å². The zero-order chi connectivity index (χ0) is 31.7. The van der Waals surface area contributed by atoms with Gasteiger partial charge in [0.15, 0.2) is 0 Å². The smallest absolute Gasteiger partial charge is 0.423 e. The van der Waals surface area contributed by atoms with Crippen molar-refractivity contribution in [3.63, 3.8) is 0 Å². The molecule has 3 rings (SSSR count). The van der Waals surface area contributed by atoms with Crippen LogP contribution in [0.1, 0.15) is 36.0 Å². The van der Waals surface area contributed by atoms with E-state index in [-0.39, 0.29) is 51.3 Å². The molecule has 1 aliphatic rings. The molecule has 0 aromatic heterocycles. The molecule has 3 amide bonds. The fraction of sp³-hybridized carbons (Fsp3) is 0.464. The fourth-order valence-corrected chi connectivity index (χ4v) is 4.73. The number of aryl methyl sites for hydroxylation is 1. The minimum atomic E-state index is -4.48. The second-order valence-electron chi connectivity index (χ2n) is 10.3. The van der Waals surface area contributed by atoms with Crippen molar-refractivity contribution in [1.82, 2.24) is 10.2 Å². The van der Waals surface area contributed by atoms with Gasteiger partial charge in [0.2, 0.25) is 17.7 Å². The van der Waals surface area contributed by atoms with Crippen LogP contribution in [0.3, 0.4) is 0 Å². The van der Waals surface area contributed by atoms with Crippen molar-refractivity contribution in [2.75, 3.05) is 38.1 Å². The number of amides is 3. The minimum absolute atomic E-state index is 0.0130. The van der Waals surface area contributed by atoms with Gasteiger partial charge in [0.05, 0.1) is 18.2 Å². The molecule has 8 N–H and O–H groups in total. The molecule has 0 saturated carbocycles. The van der Waals surface area contributed by atoms with E-state index < -0.39 is 42.8 Å². The first-order valence-corrected chi connectivity index (χ1v) is 14.0. The first-order chi connectivity index (χ1) is 20.3. The molecule has 0 spiro atoms. The average Bonchev–Trinajstić information content (AvgIpc) is 3.36. The predicted molar refractivity (Wildman–Crippen MR) is 156 cm³/mol. The highest BCUT2D eigenvalue weighted by atomic mass is 19.4. The van der Waals surface area contributed by atoms with E-state index in [4.69, 9.17) is 21.9 Å². The summed E-state index contributed by atoms with van der Waals surface area (Å²) in [7, 11) is 0.474. The summed E-state index contributed by atoms with van der Waals surface area (Å²) < 4.78 is 44.2. The van der Waals surface area contributed by atoms with Gasteiger partial charge in [-0.3, -0.25) is 14.4 Å². The lowest BCUT2D eigenvalue weighted by Gasteiger charge is -2.26. The van der Waals surface area contributed by atoms with Crippen LogP contribution >= 0.6 is 0 Å². The number of carbonyl (C=O) groups is 3. The Morgan fingerprint density at radius 1 is 1.07 bits per heavy atom. The predicted octanol–water partition coefficient (Wildman–Crippen LogP) is -0.143. The van der Waals surface area contributed by atoms with Crippen LogP contribution in [-0.2, 0) is 38.2 Å². The number of rotatable bonds is 14. The van der Waals surface area contributed by atoms with Crippen LogP contribution in [0.5, 0.6) is 0 Å². The van der Waals surface area contributed by atoms with Gasteiger partial charge in [0.25, 0.3) is 0 Å². The lowest BCUT2D eigenvalue weighted by molar-refractivity contribution is -0.137. The highest BCUT2D eigenvalue weighted by Gasteiger charge is 2.32. The van der Waals surface area contributed by atoms with E-state index in [1.807, 2.05) is 0 Å². The van der Waals surface area contributed by atoms with Gasteiger partial charge in [0.1, 0.15) is 6.04 Å². The van der Waals surface area contributed by atoms with E-state index in [1.54, 1.807) is 18.2 Å². The third kappa shape index (κ3) is 9.24. The maximum absolute atomic E-state index is 13.6. The summed E-state index contributed by atoms with van der Waals surface area (Å²) in [5, 5.41) is 12.6. The molecule has 0 radical (unpaired) electrons. The Labute approximate surface area is 248 Å². The molecular weight excluding hydrogens is 568 g/mol. The Hall–Kier alpha value is -3.50. The van der Waals surface area contributed by atoms with Crippen LogP contribution in [0, 0.1) is 0 Å². The number of carbonyl (C=O) groups excluding carboxylic acids is 3. The van der Waals surface area contributed by atoms with Gasteiger partial charge in [-0.1, -0.05) is 18.2 Å². The maximum atomic E-state index is 13.6. The lowest BCUT2D eigenvalue weighted by Crippen LogP contribution is -2.52. The van der Waals surface area contributed by atoms with Crippen LogP contribution in [0.15, 0.2) is 42.5 Å². The van der Waals surface area contributed by atoms with Gasteiger partial charge in [-0.05, 0) is 60.1 Å².